The number of rotatable bonds is 7. The molecule has 1 aromatic rings. The predicted molar refractivity (Wildman–Crippen MR) is 103 cm³/mol. The quantitative estimate of drug-likeness (QED) is 0.587. The number of aryl methyl sites for hydroxylation is 1. The van der Waals surface area contributed by atoms with Gasteiger partial charge in [-0.1, -0.05) is 19.1 Å². The van der Waals surface area contributed by atoms with Gasteiger partial charge in [0, 0.05) is 13.1 Å². The van der Waals surface area contributed by atoms with Gasteiger partial charge in [-0.25, -0.2) is 9.38 Å². The zero-order valence-corrected chi connectivity index (χ0v) is 15.9. The van der Waals surface area contributed by atoms with Crippen LogP contribution in [0.1, 0.15) is 44.2 Å². The van der Waals surface area contributed by atoms with Crippen LogP contribution in [0.2, 0.25) is 0 Å². The summed E-state index contributed by atoms with van der Waals surface area (Å²) in [6.07, 6.45) is 3.78. The van der Waals surface area contributed by atoms with Gasteiger partial charge in [0.05, 0.1) is 6.54 Å². The summed E-state index contributed by atoms with van der Waals surface area (Å²) in [5.74, 6) is 1.46. The molecule has 25 heavy (non-hydrogen) atoms. The minimum Gasteiger partial charge on any atom is -0.357 e. The van der Waals surface area contributed by atoms with Crippen molar-refractivity contribution in [1.29, 1.82) is 0 Å². The summed E-state index contributed by atoms with van der Waals surface area (Å²) in [5.41, 5.74) is 1.57. The normalized spacial score (nSPS) is 16.9. The summed E-state index contributed by atoms with van der Waals surface area (Å²) in [7, 11) is 0. The van der Waals surface area contributed by atoms with E-state index >= 15 is 0 Å². The zero-order valence-electron chi connectivity index (χ0n) is 15.9. The molecule has 0 bridgehead atoms. The molecular weight excluding hydrogens is 315 g/mol. The first-order valence-electron chi connectivity index (χ1n) is 9.62. The smallest absolute Gasteiger partial charge is 0.191 e. The largest absolute Gasteiger partial charge is 0.357 e. The third-order valence-electron chi connectivity index (χ3n) is 5.00. The van der Waals surface area contributed by atoms with Crippen LogP contribution in [0, 0.1) is 18.7 Å². The van der Waals surface area contributed by atoms with E-state index in [1.165, 1.54) is 38.9 Å². The van der Waals surface area contributed by atoms with Gasteiger partial charge in [0.2, 0.25) is 0 Å². The first-order chi connectivity index (χ1) is 12.1. The molecule has 0 unspecified atom stereocenters. The van der Waals surface area contributed by atoms with Crippen LogP contribution in [-0.4, -0.2) is 43.6 Å². The highest BCUT2D eigenvalue weighted by atomic mass is 19.1. The number of piperidine rings is 1. The minimum absolute atomic E-state index is 0.163. The molecule has 0 aliphatic carbocycles. The highest BCUT2D eigenvalue weighted by molar-refractivity contribution is 5.79. The van der Waals surface area contributed by atoms with E-state index in [1.807, 2.05) is 12.1 Å². The van der Waals surface area contributed by atoms with E-state index in [9.17, 15) is 4.39 Å². The lowest BCUT2D eigenvalue weighted by Crippen LogP contribution is -2.39. The first-order valence-corrected chi connectivity index (χ1v) is 9.62. The summed E-state index contributed by atoms with van der Waals surface area (Å²) in [6, 6.07) is 5.32. The fourth-order valence-electron chi connectivity index (χ4n) is 3.23. The highest BCUT2D eigenvalue weighted by Gasteiger charge is 2.17. The van der Waals surface area contributed by atoms with Crippen molar-refractivity contribution in [2.45, 2.75) is 46.6 Å². The standard InChI is InChI=1S/C20H33FN4/c1-4-22-20(24-15-18-7-6-16(3)19(21)14-18)23-11-8-17-9-12-25(5-2)13-10-17/h6-7,14,17H,4-5,8-13,15H2,1-3H3,(H2,22,23,24). The Hall–Kier alpha value is -1.62. The average Bonchev–Trinajstić information content (AvgIpc) is 2.63. The number of nitrogens with zero attached hydrogens (tertiary/aromatic N) is 2. The van der Waals surface area contributed by atoms with Gasteiger partial charge in [0.15, 0.2) is 5.96 Å². The second-order valence-corrected chi connectivity index (χ2v) is 6.87. The van der Waals surface area contributed by atoms with Crippen molar-refractivity contribution in [2.24, 2.45) is 10.9 Å². The topological polar surface area (TPSA) is 39.7 Å². The molecule has 0 aromatic heterocycles. The maximum absolute atomic E-state index is 13.6. The Morgan fingerprint density at radius 2 is 2.00 bits per heavy atom. The molecule has 140 valence electrons. The lowest BCUT2D eigenvalue weighted by Gasteiger charge is -2.31. The summed E-state index contributed by atoms with van der Waals surface area (Å²) in [4.78, 5) is 7.11. The third-order valence-corrected chi connectivity index (χ3v) is 5.00. The fraction of sp³-hybridized carbons (Fsp3) is 0.650. The van der Waals surface area contributed by atoms with Gasteiger partial charge < -0.3 is 15.5 Å². The highest BCUT2D eigenvalue weighted by Crippen LogP contribution is 2.19. The molecule has 0 radical (unpaired) electrons. The molecule has 4 nitrogen and oxygen atoms in total. The van der Waals surface area contributed by atoms with Crippen LogP contribution in [0.5, 0.6) is 0 Å². The van der Waals surface area contributed by atoms with Crippen LogP contribution in [-0.2, 0) is 6.54 Å². The molecule has 2 rings (SSSR count). The van der Waals surface area contributed by atoms with Gasteiger partial charge in [-0.15, -0.1) is 0 Å². The van der Waals surface area contributed by atoms with E-state index in [1.54, 1.807) is 13.0 Å². The Morgan fingerprint density at radius 1 is 1.24 bits per heavy atom. The molecule has 0 amide bonds. The Bertz CT molecular complexity index is 551. The van der Waals surface area contributed by atoms with E-state index in [4.69, 9.17) is 0 Å². The van der Waals surface area contributed by atoms with Gasteiger partial charge in [0.25, 0.3) is 0 Å². The lowest BCUT2D eigenvalue weighted by atomic mass is 9.93. The molecule has 1 heterocycles. The molecule has 1 saturated heterocycles. The Morgan fingerprint density at radius 3 is 2.64 bits per heavy atom. The first kappa shape index (κ1) is 19.7. The van der Waals surface area contributed by atoms with E-state index in [-0.39, 0.29) is 5.82 Å². The molecule has 0 saturated carbocycles. The SMILES string of the molecule is CCNC(=NCc1ccc(C)c(F)c1)NCCC1CCN(CC)CC1. The van der Waals surface area contributed by atoms with Crippen molar-refractivity contribution in [1.82, 2.24) is 15.5 Å². The van der Waals surface area contributed by atoms with Gasteiger partial charge >= 0.3 is 0 Å². The van der Waals surface area contributed by atoms with Crippen molar-refractivity contribution in [3.05, 3.63) is 35.1 Å². The summed E-state index contributed by atoms with van der Waals surface area (Å²) >= 11 is 0. The molecule has 1 aliphatic rings. The number of aliphatic imine (C=N–C) groups is 1. The van der Waals surface area contributed by atoms with Crippen molar-refractivity contribution >= 4 is 5.96 Å². The van der Waals surface area contributed by atoms with Crippen molar-refractivity contribution < 1.29 is 4.39 Å². The molecule has 1 fully saturated rings. The minimum atomic E-state index is -0.163. The summed E-state index contributed by atoms with van der Waals surface area (Å²) in [5, 5.41) is 6.69. The van der Waals surface area contributed by atoms with Crippen molar-refractivity contribution in [3.63, 3.8) is 0 Å². The van der Waals surface area contributed by atoms with Crippen molar-refractivity contribution in [3.8, 4) is 0 Å². The number of hydrogen-bond acceptors (Lipinski definition) is 2. The molecule has 0 atom stereocenters. The Balaban J connectivity index is 1.78. The molecule has 1 aliphatic heterocycles. The van der Waals surface area contributed by atoms with E-state index in [0.717, 1.165) is 30.5 Å². The number of benzene rings is 1. The van der Waals surface area contributed by atoms with Crippen LogP contribution in [0.25, 0.3) is 0 Å². The van der Waals surface area contributed by atoms with Crippen molar-refractivity contribution in [2.75, 3.05) is 32.7 Å². The molecule has 1 aromatic carbocycles. The summed E-state index contributed by atoms with van der Waals surface area (Å²) < 4.78 is 13.6. The number of likely N-dealkylation sites (tertiary alicyclic amines) is 1. The van der Waals surface area contributed by atoms with Crippen LogP contribution in [0.3, 0.4) is 0 Å². The predicted octanol–water partition coefficient (Wildman–Crippen LogP) is 3.31. The molecule has 0 spiro atoms. The molecule has 5 heteroatoms. The number of guanidine groups is 1. The second kappa shape index (κ2) is 10.4. The van der Waals surface area contributed by atoms with E-state index in [2.05, 4.69) is 34.4 Å². The Kier molecular flexibility index (Phi) is 8.19. The van der Waals surface area contributed by atoms with E-state index in [0.29, 0.717) is 12.1 Å². The average molecular weight is 349 g/mol. The summed E-state index contributed by atoms with van der Waals surface area (Å²) in [6.45, 7) is 11.9. The van der Waals surface area contributed by atoms with E-state index < -0.39 is 0 Å². The lowest BCUT2D eigenvalue weighted by molar-refractivity contribution is 0.187. The molecular formula is C20H33FN4. The van der Waals surface area contributed by atoms with Crippen LogP contribution < -0.4 is 10.6 Å². The second-order valence-electron chi connectivity index (χ2n) is 6.87. The molecule has 2 N–H and O–H groups in total. The van der Waals surface area contributed by atoms with Crippen LogP contribution in [0.4, 0.5) is 4.39 Å². The third kappa shape index (κ3) is 6.65. The van der Waals surface area contributed by atoms with Gasteiger partial charge in [0.1, 0.15) is 5.82 Å². The monoisotopic (exact) mass is 348 g/mol. The zero-order chi connectivity index (χ0) is 18.1. The van der Waals surface area contributed by atoms with Crippen LogP contribution >= 0.6 is 0 Å². The van der Waals surface area contributed by atoms with Gasteiger partial charge in [-0.2, -0.15) is 0 Å². The number of nitrogens with one attached hydrogen (secondary N) is 2. The number of hydrogen-bond donors (Lipinski definition) is 2. The number of halogens is 1. The fourth-order valence-corrected chi connectivity index (χ4v) is 3.23. The maximum atomic E-state index is 13.6. The van der Waals surface area contributed by atoms with Gasteiger partial charge in [-0.05, 0) is 75.9 Å². The maximum Gasteiger partial charge on any atom is 0.191 e. The van der Waals surface area contributed by atoms with Crippen LogP contribution in [0.15, 0.2) is 23.2 Å². The van der Waals surface area contributed by atoms with Gasteiger partial charge in [-0.3, -0.25) is 0 Å². The Labute approximate surface area is 151 Å².